The molecule has 5 heteroatoms. The summed E-state index contributed by atoms with van der Waals surface area (Å²) in [7, 11) is 0. The smallest absolute Gasteiger partial charge is 0.348 e. The standard InChI is InChI=1S/C11H16N2O3/c1-5-11(4,9(14)15)13-8(3)6-7(2)12-10(13)16/h6H,5H2,1-4H3,(H,14,15). The van der Waals surface area contributed by atoms with E-state index in [2.05, 4.69) is 4.98 Å². The molecule has 0 fully saturated rings. The number of carboxylic acids is 1. The summed E-state index contributed by atoms with van der Waals surface area (Å²) >= 11 is 0. The molecule has 0 aromatic carbocycles. The molecule has 0 aliphatic rings. The van der Waals surface area contributed by atoms with Crippen molar-refractivity contribution in [3.63, 3.8) is 0 Å². The first-order valence-electron chi connectivity index (χ1n) is 5.14. The Morgan fingerprint density at radius 2 is 2.12 bits per heavy atom. The molecule has 1 rings (SSSR count). The third-order valence-corrected chi connectivity index (χ3v) is 2.88. The average molecular weight is 224 g/mol. The monoisotopic (exact) mass is 224 g/mol. The number of aromatic nitrogens is 2. The van der Waals surface area contributed by atoms with Gasteiger partial charge in [-0.1, -0.05) is 6.92 Å². The van der Waals surface area contributed by atoms with E-state index < -0.39 is 17.2 Å². The third kappa shape index (κ3) is 1.85. The van der Waals surface area contributed by atoms with Crippen molar-refractivity contribution in [1.29, 1.82) is 0 Å². The Bertz CT molecular complexity index is 479. The molecule has 0 spiro atoms. The predicted molar refractivity (Wildman–Crippen MR) is 59.5 cm³/mol. The van der Waals surface area contributed by atoms with Gasteiger partial charge in [0.15, 0.2) is 0 Å². The second-order valence-corrected chi connectivity index (χ2v) is 4.09. The molecular weight excluding hydrogens is 208 g/mol. The van der Waals surface area contributed by atoms with E-state index in [0.717, 1.165) is 0 Å². The molecule has 0 aliphatic heterocycles. The lowest BCUT2D eigenvalue weighted by atomic mass is 9.98. The molecule has 0 bridgehead atoms. The van der Waals surface area contributed by atoms with Crippen molar-refractivity contribution in [1.82, 2.24) is 9.55 Å². The zero-order chi connectivity index (χ0) is 12.5. The zero-order valence-electron chi connectivity index (χ0n) is 9.94. The lowest BCUT2D eigenvalue weighted by Crippen LogP contribution is -2.46. The minimum atomic E-state index is -1.23. The number of carboxylic acid groups (broad SMARTS) is 1. The van der Waals surface area contributed by atoms with Gasteiger partial charge >= 0.3 is 11.7 Å². The maximum Gasteiger partial charge on any atom is 0.348 e. The first-order chi connectivity index (χ1) is 7.32. The number of hydrogen-bond donors (Lipinski definition) is 1. The lowest BCUT2D eigenvalue weighted by molar-refractivity contribution is -0.147. The Labute approximate surface area is 93.8 Å². The van der Waals surface area contributed by atoms with E-state index in [-0.39, 0.29) is 0 Å². The van der Waals surface area contributed by atoms with Crippen LogP contribution in [0.4, 0.5) is 0 Å². The number of rotatable bonds is 3. The second-order valence-electron chi connectivity index (χ2n) is 4.09. The molecule has 1 unspecified atom stereocenters. The molecule has 88 valence electrons. The van der Waals surface area contributed by atoms with Gasteiger partial charge in [0.25, 0.3) is 0 Å². The van der Waals surface area contributed by atoms with Crippen LogP contribution in [0.25, 0.3) is 0 Å². The molecule has 5 nitrogen and oxygen atoms in total. The fourth-order valence-corrected chi connectivity index (χ4v) is 1.76. The third-order valence-electron chi connectivity index (χ3n) is 2.88. The van der Waals surface area contributed by atoms with Crippen LogP contribution in [0.15, 0.2) is 10.9 Å². The normalized spacial score (nSPS) is 14.5. The van der Waals surface area contributed by atoms with E-state index in [4.69, 9.17) is 0 Å². The van der Waals surface area contributed by atoms with E-state index in [0.29, 0.717) is 17.8 Å². The largest absolute Gasteiger partial charge is 0.479 e. The van der Waals surface area contributed by atoms with Crippen LogP contribution in [-0.2, 0) is 10.3 Å². The molecule has 0 aliphatic carbocycles. The second kappa shape index (κ2) is 4.08. The highest BCUT2D eigenvalue weighted by Gasteiger charge is 2.35. The van der Waals surface area contributed by atoms with Gasteiger partial charge < -0.3 is 5.11 Å². The quantitative estimate of drug-likeness (QED) is 0.833. The van der Waals surface area contributed by atoms with Crippen molar-refractivity contribution in [3.05, 3.63) is 27.9 Å². The first kappa shape index (κ1) is 12.4. The maximum atomic E-state index is 11.8. The van der Waals surface area contributed by atoms with Gasteiger partial charge in [0.1, 0.15) is 5.54 Å². The summed E-state index contributed by atoms with van der Waals surface area (Å²) in [6.45, 7) is 6.69. The Morgan fingerprint density at radius 3 is 2.50 bits per heavy atom. The van der Waals surface area contributed by atoms with Gasteiger partial charge in [-0.2, -0.15) is 4.98 Å². The highest BCUT2D eigenvalue weighted by atomic mass is 16.4. The summed E-state index contributed by atoms with van der Waals surface area (Å²) in [6, 6.07) is 1.71. The van der Waals surface area contributed by atoms with Crippen LogP contribution in [0.5, 0.6) is 0 Å². The number of aryl methyl sites for hydroxylation is 2. The van der Waals surface area contributed by atoms with Crippen LogP contribution in [0.1, 0.15) is 31.7 Å². The van der Waals surface area contributed by atoms with Crippen LogP contribution < -0.4 is 5.69 Å². The van der Waals surface area contributed by atoms with Gasteiger partial charge in [-0.05, 0) is 33.3 Å². The molecule has 0 radical (unpaired) electrons. The summed E-state index contributed by atoms with van der Waals surface area (Å²) in [4.78, 5) is 26.8. The summed E-state index contributed by atoms with van der Waals surface area (Å²) < 4.78 is 1.24. The Hall–Kier alpha value is -1.65. The lowest BCUT2D eigenvalue weighted by Gasteiger charge is -2.27. The van der Waals surface area contributed by atoms with Crippen LogP contribution in [0, 0.1) is 13.8 Å². The fourth-order valence-electron chi connectivity index (χ4n) is 1.76. The van der Waals surface area contributed by atoms with Crippen molar-refractivity contribution in [2.75, 3.05) is 0 Å². The Morgan fingerprint density at radius 1 is 1.56 bits per heavy atom. The van der Waals surface area contributed by atoms with Gasteiger partial charge in [0, 0.05) is 11.4 Å². The van der Waals surface area contributed by atoms with Crippen molar-refractivity contribution in [2.45, 2.75) is 39.7 Å². The molecule has 1 atom stereocenters. The molecule has 1 aromatic heterocycles. The highest BCUT2D eigenvalue weighted by molar-refractivity contribution is 5.76. The van der Waals surface area contributed by atoms with E-state index in [1.165, 1.54) is 11.5 Å². The van der Waals surface area contributed by atoms with Gasteiger partial charge in [-0.3, -0.25) is 4.57 Å². The van der Waals surface area contributed by atoms with Crippen LogP contribution in [0.2, 0.25) is 0 Å². The van der Waals surface area contributed by atoms with Crippen molar-refractivity contribution >= 4 is 5.97 Å². The molecule has 0 amide bonds. The summed E-state index contributed by atoms with van der Waals surface area (Å²) in [5.41, 5.74) is -0.530. The minimum absolute atomic E-state index is 0.327. The number of aliphatic carboxylic acids is 1. The van der Waals surface area contributed by atoms with Gasteiger partial charge in [0.05, 0.1) is 0 Å². The molecule has 1 aromatic rings. The topological polar surface area (TPSA) is 72.2 Å². The number of hydrogen-bond acceptors (Lipinski definition) is 3. The van der Waals surface area contributed by atoms with Crippen molar-refractivity contribution < 1.29 is 9.90 Å². The van der Waals surface area contributed by atoms with Crippen molar-refractivity contribution in [3.8, 4) is 0 Å². The fraction of sp³-hybridized carbons (Fsp3) is 0.545. The SMILES string of the molecule is CCC(C)(C(=O)O)n1c(C)cc(C)nc1=O. The Kier molecular flexibility index (Phi) is 3.16. The Balaban J connectivity index is 3.55. The van der Waals surface area contributed by atoms with Gasteiger partial charge in [-0.25, -0.2) is 9.59 Å². The first-order valence-corrected chi connectivity index (χ1v) is 5.14. The van der Waals surface area contributed by atoms with Crippen molar-refractivity contribution in [2.24, 2.45) is 0 Å². The summed E-state index contributed by atoms with van der Waals surface area (Å²) in [5.74, 6) is -1.02. The van der Waals surface area contributed by atoms with Crippen LogP contribution in [-0.4, -0.2) is 20.6 Å². The van der Waals surface area contributed by atoms with Crippen LogP contribution >= 0.6 is 0 Å². The molecule has 1 heterocycles. The summed E-state index contributed by atoms with van der Waals surface area (Å²) in [5, 5.41) is 9.22. The van der Waals surface area contributed by atoms with Crippen LogP contribution in [0.3, 0.4) is 0 Å². The van der Waals surface area contributed by atoms with Gasteiger partial charge in [-0.15, -0.1) is 0 Å². The van der Waals surface area contributed by atoms with E-state index >= 15 is 0 Å². The maximum absolute atomic E-state index is 11.8. The number of carbonyl (C=O) groups is 1. The molecule has 1 N–H and O–H groups in total. The van der Waals surface area contributed by atoms with E-state index in [9.17, 15) is 14.7 Å². The highest BCUT2D eigenvalue weighted by Crippen LogP contribution is 2.20. The zero-order valence-corrected chi connectivity index (χ0v) is 9.94. The molecular formula is C11H16N2O3. The summed E-state index contributed by atoms with van der Waals surface area (Å²) in [6.07, 6.45) is 0.327. The van der Waals surface area contributed by atoms with E-state index in [1.54, 1.807) is 26.8 Å². The minimum Gasteiger partial charge on any atom is -0.479 e. The molecule has 0 saturated carbocycles. The average Bonchev–Trinajstić information content (AvgIpc) is 2.15. The predicted octanol–water partition coefficient (Wildman–Crippen LogP) is 1.07. The number of nitrogens with zero attached hydrogens (tertiary/aromatic N) is 2. The van der Waals surface area contributed by atoms with E-state index in [1.807, 2.05) is 0 Å². The van der Waals surface area contributed by atoms with Gasteiger partial charge in [0.2, 0.25) is 0 Å². The molecule has 16 heavy (non-hydrogen) atoms. The molecule has 0 saturated heterocycles.